The Labute approximate surface area is 199 Å². The van der Waals surface area contributed by atoms with E-state index in [-0.39, 0.29) is 35.3 Å². The molecule has 1 aromatic rings. The standard InChI is InChI=1S/C26H33FN2O5/c1-5-14-12-29-9-8-26(20(29)11-16(14)18(13-32-2)25(31)34-4)24(30)21-22(28-26)19(27)10-17(15-6-7-15)23(21)33-3/h10,13-16,20,28H,5-9,11-12H2,1-4H3/b18-13+/t14-,16+,20+,26+/m1/s1. The van der Waals surface area contributed by atoms with E-state index >= 15 is 4.39 Å². The molecule has 1 N–H and O–H groups in total. The minimum absolute atomic E-state index is 0.0997. The first-order valence-electron chi connectivity index (χ1n) is 12.2. The Kier molecular flexibility index (Phi) is 5.82. The summed E-state index contributed by atoms with van der Waals surface area (Å²) < 4.78 is 31.3. The molecule has 184 valence electrons. The molecule has 3 aliphatic heterocycles. The molecule has 4 aliphatic rings. The number of nitrogens with one attached hydrogen (secondary N) is 1. The highest BCUT2D eigenvalue weighted by Gasteiger charge is 2.60. The van der Waals surface area contributed by atoms with Crippen LogP contribution in [-0.4, -0.2) is 62.7 Å². The number of fused-ring (bicyclic) bond motifs is 3. The Hall–Kier alpha value is -2.61. The molecule has 0 amide bonds. The van der Waals surface area contributed by atoms with Gasteiger partial charge in [0.1, 0.15) is 17.1 Å². The quantitative estimate of drug-likeness (QED) is 0.382. The minimum atomic E-state index is -0.941. The van der Waals surface area contributed by atoms with Crippen molar-refractivity contribution in [2.75, 3.05) is 39.7 Å². The van der Waals surface area contributed by atoms with Crippen molar-refractivity contribution in [2.24, 2.45) is 11.8 Å². The van der Waals surface area contributed by atoms with Gasteiger partial charge in [0.05, 0.1) is 44.4 Å². The fourth-order valence-electron chi connectivity index (χ4n) is 6.53. The molecular formula is C26H33FN2O5. The van der Waals surface area contributed by atoms with E-state index in [9.17, 15) is 9.59 Å². The van der Waals surface area contributed by atoms with Gasteiger partial charge >= 0.3 is 5.97 Å². The zero-order valence-electron chi connectivity index (χ0n) is 20.3. The number of carbonyl (C=O) groups excluding carboxylic acids is 2. The molecule has 4 atom stereocenters. The zero-order valence-corrected chi connectivity index (χ0v) is 20.3. The van der Waals surface area contributed by atoms with E-state index in [0.29, 0.717) is 29.7 Å². The number of ether oxygens (including phenoxy) is 3. The van der Waals surface area contributed by atoms with Gasteiger partial charge in [-0.1, -0.05) is 13.3 Å². The molecule has 1 saturated carbocycles. The lowest BCUT2D eigenvalue weighted by Gasteiger charge is -2.45. The Balaban J connectivity index is 1.54. The van der Waals surface area contributed by atoms with Crippen molar-refractivity contribution in [2.45, 2.75) is 56.5 Å². The van der Waals surface area contributed by atoms with Crippen molar-refractivity contribution in [1.82, 2.24) is 4.90 Å². The van der Waals surface area contributed by atoms with E-state index < -0.39 is 17.3 Å². The summed E-state index contributed by atoms with van der Waals surface area (Å²) in [5.41, 5.74) is 0.943. The van der Waals surface area contributed by atoms with Gasteiger partial charge in [-0.25, -0.2) is 9.18 Å². The molecule has 0 unspecified atom stereocenters. The number of hydrogen-bond acceptors (Lipinski definition) is 7. The molecule has 5 rings (SSSR count). The van der Waals surface area contributed by atoms with Gasteiger partial charge in [0.15, 0.2) is 5.78 Å². The summed E-state index contributed by atoms with van der Waals surface area (Å²) in [6.07, 6.45) is 5.49. The van der Waals surface area contributed by atoms with Crippen LogP contribution in [0.5, 0.6) is 5.75 Å². The third-order valence-corrected chi connectivity index (χ3v) is 8.37. The van der Waals surface area contributed by atoms with Gasteiger partial charge in [-0.15, -0.1) is 0 Å². The van der Waals surface area contributed by atoms with Crippen LogP contribution in [0.3, 0.4) is 0 Å². The van der Waals surface area contributed by atoms with Gasteiger partial charge in [-0.2, -0.15) is 0 Å². The van der Waals surface area contributed by atoms with E-state index in [1.165, 1.54) is 26.5 Å². The van der Waals surface area contributed by atoms with Crippen molar-refractivity contribution in [3.05, 3.63) is 34.8 Å². The third-order valence-electron chi connectivity index (χ3n) is 8.37. The third kappa shape index (κ3) is 3.33. The summed E-state index contributed by atoms with van der Waals surface area (Å²) >= 11 is 0. The van der Waals surface area contributed by atoms with Gasteiger partial charge in [-0.05, 0) is 49.5 Å². The Morgan fingerprint density at radius 2 is 2.09 bits per heavy atom. The average molecular weight is 473 g/mol. The molecule has 1 aliphatic carbocycles. The highest BCUT2D eigenvalue weighted by atomic mass is 19.1. The van der Waals surface area contributed by atoms with Crippen LogP contribution < -0.4 is 10.1 Å². The number of halogens is 1. The molecule has 1 aromatic carbocycles. The maximum absolute atomic E-state index is 15.3. The number of benzene rings is 1. The second kappa shape index (κ2) is 8.56. The number of hydrogen-bond donors (Lipinski definition) is 1. The van der Waals surface area contributed by atoms with E-state index in [4.69, 9.17) is 14.2 Å². The Morgan fingerprint density at radius 1 is 1.32 bits per heavy atom. The minimum Gasteiger partial charge on any atom is -0.504 e. The maximum atomic E-state index is 15.3. The molecule has 1 spiro atoms. The van der Waals surface area contributed by atoms with Gasteiger partial charge in [0.2, 0.25) is 0 Å². The number of Topliss-reactive ketones (excluding diaryl/α,β-unsaturated/α-hetero) is 1. The fourth-order valence-corrected chi connectivity index (χ4v) is 6.53. The number of ketones is 1. The van der Waals surface area contributed by atoms with E-state index in [1.54, 1.807) is 7.11 Å². The molecule has 3 fully saturated rings. The number of esters is 1. The second-order valence-electron chi connectivity index (χ2n) is 10.0. The lowest BCUT2D eigenvalue weighted by Crippen LogP contribution is -2.57. The summed E-state index contributed by atoms with van der Waals surface area (Å²) in [4.78, 5) is 29.0. The Bertz CT molecular complexity index is 1050. The average Bonchev–Trinajstić information content (AvgIpc) is 3.58. The molecule has 0 bridgehead atoms. The van der Waals surface area contributed by atoms with Gasteiger partial charge in [0.25, 0.3) is 0 Å². The predicted molar refractivity (Wildman–Crippen MR) is 125 cm³/mol. The molecule has 7 nitrogen and oxygen atoms in total. The molecule has 0 aromatic heterocycles. The number of carbonyl (C=O) groups is 2. The number of nitrogens with zero attached hydrogens (tertiary/aromatic N) is 1. The summed E-state index contributed by atoms with van der Waals surface area (Å²) in [5, 5.41) is 3.34. The predicted octanol–water partition coefficient (Wildman–Crippen LogP) is 3.88. The van der Waals surface area contributed by atoms with Crippen LogP contribution in [0.15, 0.2) is 17.9 Å². The lowest BCUT2D eigenvalue weighted by molar-refractivity contribution is -0.137. The molecule has 8 heteroatoms. The van der Waals surface area contributed by atoms with Gasteiger partial charge in [0, 0.05) is 24.7 Å². The number of methoxy groups -OCH3 is 3. The summed E-state index contributed by atoms with van der Waals surface area (Å²) in [6.45, 7) is 3.60. The first kappa shape index (κ1) is 23.1. The van der Waals surface area contributed by atoms with E-state index in [0.717, 1.165) is 37.9 Å². The first-order valence-corrected chi connectivity index (χ1v) is 12.2. The van der Waals surface area contributed by atoms with Crippen LogP contribution in [0.2, 0.25) is 0 Å². The van der Waals surface area contributed by atoms with Crippen LogP contribution in [0, 0.1) is 17.7 Å². The normalized spacial score (nSPS) is 30.7. The molecule has 3 heterocycles. The molecule has 34 heavy (non-hydrogen) atoms. The highest BCUT2D eigenvalue weighted by Crippen LogP contribution is 2.54. The Morgan fingerprint density at radius 3 is 2.71 bits per heavy atom. The number of anilines is 1. The smallest absolute Gasteiger partial charge is 0.337 e. The first-order chi connectivity index (χ1) is 16.4. The maximum Gasteiger partial charge on any atom is 0.337 e. The van der Waals surface area contributed by atoms with Crippen molar-refractivity contribution in [1.29, 1.82) is 0 Å². The van der Waals surface area contributed by atoms with Crippen LogP contribution in [-0.2, 0) is 14.3 Å². The van der Waals surface area contributed by atoms with Crippen molar-refractivity contribution >= 4 is 17.4 Å². The SMILES string of the molecule is CC[C@@H]1CN2CC[C@]3(Nc4c(F)cc(C5CC5)c(OC)c4C3=O)[C@@H]2C[C@@H]1/C(=C\OC)C(=O)OC. The highest BCUT2D eigenvalue weighted by molar-refractivity contribution is 6.16. The topological polar surface area (TPSA) is 77.1 Å². The fraction of sp³-hybridized carbons (Fsp3) is 0.615. The van der Waals surface area contributed by atoms with Crippen LogP contribution in [0.1, 0.15) is 60.9 Å². The lowest BCUT2D eigenvalue weighted by atomic mass is 9.72. The monoisotopic (exact) mass is 472 g/mol. The summed E-state index contributed by atoms with van der Waals surface area (Å²) in [6, 6.07) is 1.35. The zero-order chi connectivity index (χ0) is 24.2. The van der Waals surface area contributed by atoms with Crippen LogP contribution in [0.4, 0.5) is 10.1 Å². The van der Waals surface area contributed by atoms with Crippen molar-refractivity contribution < 1.29 is 28.2 Å². The summed E-state index contributed by atoms with van der Waals surface area (Å²) in [5.74, 6) is -0.0433. The van der Waals surface area contributed by atoms with Crippen LogP contribution in [0.25, 0.3) is 0 Å². The van der Waals surface area contributed by atoms with E-state index in [2.05, 4.69) is 17.1 Å². The number of rotatable bonds is 6. The van der Waals surface area contributed by atoms with Gasteiger partial charge < -0.3 is 19.5 Å². The van der Waals surface area contributed by atoms with Crippen LogP contribution >= 0.6 is 0 Å². The molecular weight excluding hydrogens is 439 g/mol. The largest absolute Gasteiger partial charge is 0.504 e. The number of piperidine rings is 1. The molecule has 0 radical (unpaired) electrons. The summed E-state index contributed by atoms with van der Waals surface area (Å²) in [7, 11) is 4.44. The van der Waals surface area contributed by atoms with Crippen molar-refractivity contribution in [3.63, 3.8) is 0 Å². The molecule has 2 saturated heterocycles. The van der Waals surface area contributed by atoms with E-state index in [1.807, 2.05) is 0 Å². The second-order valence-corrected chi connectivity index (χ2v) is 10.0. The van der Waals surface area contributed by atoms with Gasteiger partial charge in [-0.3, -0.25) is 9.69 Å². The van der Waals surface area contributed by atoms with Crippen molar-refractivity contribution in [3.8, 4) is 5.75 Å².